The number of nitrogens with two attached hydrogens (primary N) is 1. The number of halogens is 1. The minimum Gasteiger partial charge on any atom is -0.348 e. The fraction of sp³-hybridized carbons (Fsp3) is 0.636. The van der Waals surface area contributed by atoms with Gasteiger partial charge in [-0.1, -0.05) is 19.3 Å². The van der Waals surface area contributed by atoms with E-state index in [0.717, 1.165) is 16.4 Å². The predicted octanol–water partition coefficient (Wildman–Crippen LogP) is 2.15. The van der Waals surface area contributed by atoms with Crippen LogP contribution in [0.2, 0.25) is 0 Å². The standard InChI is InChI=1S/C11H17IN4/c12-9-6-14-10(15-7-9)16-11(8-13)4-2-1-3-5-11/h6-7H,1-5,8,13H2,(H,14,15,16). The molecule has 0 atom stereocenters. The molecule has 1 saturated carbocycles. The van der Waals surface area contributed by atoms with Crippen molar-refractivity contribution in [2.75, 3.05) is 11.9 Å². The average molecular weight is 332 g/mol. The summed E-state index contributed by atoms with van der Waals surface area (Å²) >= 11 is 2.20. The Labute approximate surface area is 110 Å². The summed E-state index contributed by atoms with van der Waals surface area (Å²) in [5, 5.41) is 3.42. The van der Waals surface area contributed by atoms with E-state index in [0.29, 0.717) is 12.5 Å². The van der Waals surface area contributed by atoms with Crippen LogP contribution in [0.3, 0.4) is 0 Å². The molecule has 5 heteroatoms. The van der Waals surface area contributed by atoms with E-state index in [1.54, 1.807) is 0 Å². The number of hydrogen-bond donors (Lipinski definition) is 2. The lowest BCUT2D eigenvalue weighted by Crippen LogP contribution is -2.47. The van der Waals surface area contributed by atoms with Crippen molar-refractivity contribution in [3.8, 4) is 0 Å². The molecule has 2 rings (SSSR count). The van der Waals surface area contributed by atoms with Crippen LogP contribution in [0.5, 0.6) is 0 Å². The molecule has 4 nitrogen and oxygen atoms in total. The summed E-state index contributed by atoms with van der Waals surface area (Å²) in [6, 6.07) is 0. The maximum Gasteiger partial charge on any atom is 0.223 e. The van der Waals surface area contributed by atoms with Crippen molar-refractivity contribution in [2.24, 2.45) is 5.73 Å². The first kappa shape index (κ1) is 12.0. The largest absolute Gasteiger partial charge is 0.348 e. The molecule has 0 bridgehead atoms. The van der Waals surface area contributed by atoms with Crippen LogP contribution in [0.4, 0.5) is 5.95 Å². The van der Waals surface area contributed by atoms with Gasteiger partial charge in [-0.05, 0) is 35.4 Å². The number of aromatic nitrogens is 2. The van der Waals surface area contributed by atoms with Crippen LogP contribution < -0.4 is 11.1 Å². The quantitative estimate of drug-likeness (QED) is 0.833. The van der Waals surface area contributed by atoms with E-state index >= 15 is 0 Å². The van der Waals surface area contributed by atoms with Gasteiger partial charge >= 0.3 is 0 Å². The zero-order valence-electron chi connectivity index (χ0n) is 9.25. The highest BCUT2D eigenvalue weighted by Crippen LogP contribution is 2.29. The third kappa shape index (κ3) is 2.82. The van der Waals surface area contributed by atoms with Crippen molar-refractivity contribution in [2.45, 2.75) is 37.6 Å². The minimum absolute atomic E-state index is 0.0189. The first-order valence-electron chi connectivity index (χ1n) is 5.70. The molecule has 0 aromatic carbocycles. The fourth-order valence-corrected chi connectivity index (χ4v) is 2.50. The molecular weight excluding hydrogens is 315 g/mol. The highest BCUT2D eigenvalue weighted by Gasteiger charge is 2.30. The van der Waals surface area contributed by atoms with Crippen molar-refractivity contribution in [1.82, 2.24) is 9.97 Å². The number of hydrogen-bond acceptors (Lipinski definition) is 4. The molecule has 1 aromatic heterocycles. The van der Waals surface area contributed by atoms with Crippen LogP contribution in [0.15, 0.2) is 12.4 Å². The maximum atomic E-state index is 5.90. The zero-order chi connectivity index (χ0) is 11.4. The molecule has 3 N–H and O–H groups in total. The van der Waals surface area contributed by atoms with Crippen LogP contribution in [-0.4, -0.2) is 22.1 Å². The second-order valence-corrected chi connectivity index (χ2v) is 5.64. The highest BCUT2D eigenvalue weighted by atomic mass is 127. The molecule has 0 aliphatic heterocycles. The molecule has 0 radical (unpaired) electrons. The van der Waals surface area contributed by atoms with E-state index in [2.05, 4.69) is 37.9 Å². The van der Waals surface area contributed by atoms with Gasteiger partial charge < -0.3 is 11.1 Å². The van der Waals surface area contributed by atoms with Crippen LogP contribution in [0, 0.1) is 3.57 Å². The van der Waals surface area contributed by atoms with Crippen LogP contribution in [0.1, 0.15) is 32.1 Å². The van der Waals surface area contributed by atoms with Crippen molar-refractivity contribution < 1.29 is 0 Å². The van der Waals surface area contributed by atoms with Gasteiger partial charge in [0.1, 0.15) is 0 Å². The first-order valence-corrected chi connectivity index (χ1v) is 6.78. The van der Waals surface area contributed by atoms with Crippen molar-refractivity contribution in [3.05, 3.63) is 16.0 Å². The number of nitrogens with zero attached hydrogens (tertiary/aromatic N) is 2. The van der Waals surface area contributed by atoms with E-state index in [1.165, 1.54) is 19.3 Å². The highest BCUT2D eigenvalue weighted by molar-refractivity contribution is 14.1. The summed E-state index contributed by atoms with van der Waals surface area (Å²) in [6.45, 7) is 0.655. The van der Waals surface area contributed by atoms with Gasteiger partial charge in [-0.25, -0.2) is 9.97 Å². The molecule has 1 aliphatic carbocycles. The molecule has 16 heavy (non-hydrogen) atoms. The molecule has 0 saturated heterocycles. The van der Waals surface area contributed by atoms with Gasteiger partial charge in [0.05, 0.1) is 5.54 Å². The van der Waals surface area contributed by atoms with Crippen LogP contribution in [0.25, 0.3) is 0 Å². The molecule has 0 amide bonds. The molecule has 1 aromatic rings. The molecular formula is C11H17IN4. The number of anilines is 1. The average Bonchev–Trinajstić information content (AvgIpc) is 2.33. The van der Waals surface area contributed by atoms with Gasteiger partial charge in [0.25, 0.3) is 0 Å². The Kier molecular flexibility index (Phi) is 3.96. The summed E-state index contributed by atoms with van der Waals surface area (Å²) in [5.41, 5.74) is 5.92. The topological polar surface area (TPSA) is 63.8 Å². The zero-order valence-corrected chi connectivity index (χ0v) is 11.4. The Balaban J connectivity index is 2.08. The van der Waals surface area contributed by atoms with Gasteiger partial charge in [-0.3, -0.25) is 0 Å². The van der Waals surface area contributed by atoms with E-state index < -0.39 is 0 Å². The van der Waals surface area contributed by atoms with Crippen molar-refractivity contribution >= 4 is 28.5 Å². The van der Waals surface area contributed by atoms with Crippen LogP contribution >= 0.6 is 22.6 Å². The van der Waals surface area contributed by atoms with Gasteiger partial charge in [0.2, 0.25) is 5.95 Å². The number of rotatable bonds is 3. The maximum absolute atomic E-state index is 5.90. The summed E-state index contributed by atoms with van der Waals surface area (Å²) < 4.78 is 1.05. The Morgan fingerprint density at radius 1 is 1.25 bits per heavy atom. The van der Waals surface area contributed by atoms with Gasteiger partial charge in [0, 0.05) is 22.5 Å². The Hall–Kier alpha value is -0.430. The normalized spacial score (nSPS) is 19.4. The third-order valence-corrected chi connectivity index (χ3v) is 3.76. The molecule has 0 unspecified atom stereocenters. The SMILES string of the molecule is NCC1(Nc2ncc(I)cn2)CCCCC1. The van der Waals surface area contributed by atoms with Crippen molar-refractivity contribution in [1.29, 1.82) is 0 Å². The van der Waals surface area contributed by atoms with E-state index in [1.807, 2.05) is 12.4 Å². The smallest absolute Gasteiger partial charge is 0.223 e. The Morgan fingerprint density at radius 2 is 1.88 bits per heavy atom. The molecule has 1 fully saturated rings. The lowest BCUT2D eigenvalue weighted by atomic mass is 9.82. The lowest BCUT2D eigenvalue weighted by molar-refractivity contribution is 0.329. The molecule has 1 heterocycles. The summed E-state index contributed by atoms with van der Waals surface area (Å²) in [7, 11) is 0. The Bertz CT molecular complexity index is 332. The molecule has 1 aliphatic rings. The minimum atomic E-state index is 0.0189. The first-order chi connectivity index (χ1) is 7.74. The second kappa shape index (κ2) is 5.27. The van der Waals surface area contributed by atoms with E-state index in [9.17, 15) is 0 Å². The van der Waals surface area contributed by atoms with Gasteiger partial charge in [-0.15, -0.1) is 0 Å². The fourth-order valence-electron chi connectivity index (χ4n) is 2.22. The molecule has 0 spiro atoms. The van der Waals surface area contributed by atoms with Gasteiger partial charge in [-0.2, -0.15) is 0 Å². The van der Waals surface area contributed by atoms with Gasteiger partial charge in [0.15, 0.2) is 0 Å². The monoisotopic (exact) mass is 332 g/mol. The summed E-state index contributed by atoms with van der Waals surface area (Å²) in [6.07, 6.45) is 9.70. The summed E-state index contributed by atoms with van der Waals surface area (Å²) in [5.74, 6) is 0.702. The van der Waals surface area contributed by atoms with E-state index in [-0.39, 0.29) is 5.54 Å². The molecule has 88 valence electrons. The number of nitrogens with one attached hydrogen (secondary N) is 1. The van der Waals surface area contributed by atoms with E-state index in [4.69, 9.17) is 5.73 Å². The third-order valence-electron chi connectivity index (χ3n) is 3.20. The lowest BCUT2D eigenvalue weighted by Gasteiger charge is -2.37. The second-order valence-electron chi connectivity index (χ2n) is 4.40. The van der Waals surface area contributed by atoms with Crippen molar-refractivity contribution in [3.63, 3.8) is 0 Å². The summed E-state index contributed by atoms with van der Waals surface area (Å²) in [4.78, 5) is 8.56. The predicted molar refractivity (Wildman–Crippen MR) is 73.2 cm³/mol. The Morgan fingerprint density at radius 3 is 2.44 bits per heavy atom. The van der Waals surface area contributed by atoms with Crippen LogP contribution in [-0.2, 0) is 0 Å².